The van der Waals surface area contributed by atoms with Crippen LogP contribution in [0.15, 0.2) is 24.3 Å². The first-order valence-electron chi connectivity index (χ1n) is 9.13. The Morgan fingerprint density at radius 2 is 1.85 bits per heavy atom. The van der Waals surface area contributed by atoms with E-state index in [1.807, 2.05) is 24.3 Å². The van der Waals surface area contributed by atoms with Gasteiger partial charge in [-0.1, -0.05) is 37.5 Å². The maximum atomic E-state index is 12.1. The Balaban J connectivity index is 1.86. The van der Waals surface area contributed by atoms with E-state index in [-0.39, 0.29) is 19.1 Å². The molecule has 1 aromatic carbocycles. The van der Waals surface area contributed by atoms with E-state index in [1.165, 1.54) is 32.1 Å². The lowest BCUT2D eigenvalue weighted by atomic mass is 9.94. The number of benzene rings is 1. The van der Waals surface area contributed by atoms with Crippen LogP contribution >= 0.6 is 0 Å². The van der Waals surface area contributed by atoms with Gasteiger partial charge in [0.05, 0.1) is 6.26 Å². The van der Waals surface area contributed by atoms with E-state index in [0.29, 0.717) is 6.04 Å². The van der Waals surface area contributed by atoms with Gasteiger partial charge in [0.25, 0.3) is 0 Å². The summed E-state index contributed by atoms with van der Waals surface area (Å²) in [6.45, 7) is 1.18. The second-order valence-corrected chi connectivity index (χ2v) is 8.74. The smallest absolute Gasteiger partial charge is 0.319 e. The molecule has 2 rings (SSSR count). The monoisotopic (exact) mass is 382 g/mol. The number of nitrogens with one attached hydrogen (secondary N) is 3. The van der Waals surface area contributed by atoms with Gasteiger partial charge in [-0.05, 0) is 31.5 Å². The standard InChI is InChI=1S/C18H30N4O3S/c1-22(16-9-4-3-5-10-16)14-15-8-6-7-11-17(15)21-18(23)19-12-13-20-26(2,24)25/h6-8,11,16,20H,3-5,9-10,12-14H2,1-2H3,(H2,19,21,23). The van der Waals surface area contributed by atoms with Crippen LogP contribution in [0.5, 0.6) is 0 Å². The van der Waals surface area contributed by atoms with Gasteiger partial charge in [0, 0.05) is 31.4 Å². The maximum Gasteiger partial charge on any atom is 0.319 e. The second-order valence-electron chi connectivity index (χ2n) is 6.91. The molecule has 1 aliphatic rings. The fourth-order valence-corrected chi connectivity index (χ4v) is 3.75. The summed E-state index contributed by atoms with van der Waals surface area (Å²) in [6.07, 6.45) is 7.47. The van der Waals surface area contributed by atoms with E-state index < -0.39 is 10.0 Å². The summed E-state index contributed by atoms with van der Waals surface area (Å²) >= 11 is 0. The summed E-state index contributed by atoms with van der Waals surface area (Å²) in [5, 5.41) is 5.52. The SMILES string of the molecule is CN(Cc1ccccc1NC(=O)NCCNS(C)(=O)=O)C1CCCCC1. The summed E-state index contributed by atoms with van der Waals surface area (Å²) in [6, 6.07) is 8.05. The predicted octanol–water partition coefficient (Wildman–Crippen LogP) is 2.12. The number of hydrogen-bond donors (Lipinski definition) is 3. The van der Waals surface area contributed by atoms with E-state index in [9.17, 15) is 13.2 Å². The van der Waals surface area contributed by atoms with E-state index in [4.69, 9.17) is 0 Å². The van der Waals surface area contributed by atoms with E-state index in [0.717, 1.165) is 24.1 Å². The zero-order valence-electron chi connectivity index (χ0n) is 15.6. The Morgan fingerprint density at radius 3 is 2.54 bits per heavy atom. The number of amides is 2. The van der Waals surface area contributed by atoms with Gasteiger partial charge >= 0.3 is 6.03 Å². The Kier molecular flexibility index (Phi) is 7.86. The summed E-state index contributed by atoms with van der Waals surface area (Å²) in [7, 11) is -1.10. The van der Waals surface area contributed by atoms with E-state index in [1.54, 1.807) is 0 Å². The highest BCUT2D eigenvalue weighted by Gasteiger charge is 2.19. The molecule has 2 amide bonds. The topological polar surface area (TPSA) is 90.5 Å². The van der Waals surface area contributed by atoms with Crippen molar-refractivity contribution in [3.8, 4) is 0 Å². The van der Waals surface area contributed by atoms with Crippen LogP contribution in [-0.2, 0) is 16.6 Å². The number of sulfonamides is 1. The molecule has 1 aromatic rings. The lowest BCUT2D eigenvalue weighted by Crippen LogP contribution is -2.37. The van der Waals surface area contributed by atoms with Crippen LogP contribution in [0.1, 0.15) is 37.7 Å². The highest BCUT2D eigenvalue weighted by atomic mass is 32.2. The van der Waals surface area contributed by atoms with Gasteiger partial charge in [-0.2, -0.15) is 0 Å². The Bertz CT molecular complexity index is 687. The highest BCUT2D eigenvalue weighted by Crippen LogP contribution is 2.24. The first kappa shape index (κ1) is 20.7. The number of anilines is 1. The van der Waals surface area contributed by atoms with Crippen molar-refractivity contribution < 1.29 is 13.2 Å². The molecule has 0 heterocycles. The molecule has 0 spiro atoms. The number of nitrogens with zero attached hydrogens (tertiary/aromatic N) is 1. The fraction of sp³-hybridized carbons (Fsp3) is 0.611. The quantitative estimate of drug-likeness (QED) is 0.601. The van der Waals surface area contributed by atoms with Gasteiger partial charge in [-0.3, -0.25) is 4.90 Å². The molecule has 1 fully saturated rings. The molecular formula is C18H30N4O3S. The molecule has 3 N–H and O–H groups in total. The Hall–Kier alpha value is -1.64. The van der Waals surface area contributed by atoms with Crippen LogP contribution in [0, 0.1) is 0 Å². The third kappa shape index (κ3) is 7.31. The van der Waals surface area contributed by atoms with Gasteiger partial charge in [0.2, 0.25) is 10.0 Å². The van der Waals surface area contributed by atoms with Crippen molar-refractivity contribution in [1.82, 2.24) is 14.9 Å². The number of para-hydroxylation sites is 1. The largest absolute Gasteiger partial charge is 0.337 e. The van der Waals surface area contributed by atoms with Gasteiger partial charge < -0.3 is 10.6 Å². The highest BCUT2D eigenvalue weighted by molar-refractivity contribution is 7.88. The summed E-state index contributed by atoms with van der Waals surface area (Å²) in [5.74, 6) is 0. The van der Waals surface area contributed by atoms with Crippen molar-refractivity contribution in [3.05, 3.63) is 29.8 Å². The Labute approximate surface area is 156 Å². The van der Waals surface area contributed by atoms with Crippen LogP contribution < -0.4 is 15.4 Å². The van der Waals surface area contributed by atoms with Gasteiger partial charge in [0.1, 0.15) is 0 Å². The van der Waals surface area contributed by atoms with Crippen molar-refractivity contribution in [2.24, 2.45) is 0 Å². The summed E-state index contributed by atoms with van der Waals surface area (Å²) in [5.41, 5.74) is 1.86. The molecule has 0 atom stereocenters. The molecule has 146 valence electrons. The molecule has 0 unspecified atom stereocenters. The maximum absolute atomic E-state index is 12.1. The minimum absolute atomic E-state index is 0.165. The third-order valence-electron chi connectivity index (χ3n) is 4.66. The molecule has 0 saturated heterocycles. The average Bonchev–Trinajstić information content (AvgIpc) is 2.60. The molecule has 0 bridgehead atoms. The van der Waals surface area contributed by atoms with Gasteiger partial charge in [-0.25, -0.2) is 17.9 Å². The lowest BCUT2D eigenvalue weighted by Gasteiger charge is -2.31. The normalized spacial score (nSPS) is 15.8. The van der Waals surface area contributed by atoms with E-state index in [2.05, 4.69) is 27.3 Å². The molecule has 0 aliphatic heterocycles. The number of rotatable bonds is 8. The molecule has 26 heavy (non-hydrogen) atoms. The number of urea groups is 1. The van der Waals surface area contributed by atoms with Crippen LogP contribution in [0.4, 0.5) is 10.5 Å². The molecule has 1 aliphatic carbocycles. The van der Waals surface area contributed by atoms with E-state index >= 15 is 0 Å². The second kappa shape index (κ2) is 9.89. The number of carbonyl (C=O) groups excluding carboxylic acids is 1. The fourth-order valence-electron chi connectivity index (χ4n) is 3.28. The van der Waals surface area contributed by atoms with Crippen molar-refractivity contribution in [3.63, 3.8) is 0 Å². The minimum atomic E-state index is -3.24. The minimum Gasteiger partial charge on any atom is -0.337 e. The molecule has 0 aromatic heterocycles. The first-order valence-corrected chi connectivity index (χ1v) is 11.0. The van der Waals surface area contributed by atoms with Crippen LogP contribution in [0.3, 0.4) is 0 Å². The zero-order valence-corrected chi connectivity index (χ0v) is 16.4. The first-order chi connectivity index (χ1) is 12.3. The third-order valence-corrected chi connectivity index (χ3v) is 5.39. The number of carbonyl (C=O) groups is 1. The van der Waals surface area contributed by atoms with Crippen LogP contribution in [-0.4, -0.2) is 51.8 Å². The Morgan fingerprint density at radius 1 is 1.15 bits per heavy atom. The van der Waals surface area contributed by atoms with Crippen molar-refractivity contribution in [2.45, 2.75) is 44.7 Å². The van der Waals surface area contributed by atoms with Gasteiger partial charge in [-0.15, -0.1) is 0 Å². The van der Waals surface area contributed by atoms with Crippen molar-refractivity contribution in [2.75, 3.05) is 31.7 Å². The number of hydrogen-bond acceptors (Lipinski definition) is 4. The molecule has 1 saturated carbocycles. The zero-order chi connectivity index (χ0) is 19.0. The van der Waals surface area contributed by atoms with Crippen molar-refractivity contribution in [1.29, 1.82) is 0 Å². The lowest BCUT2D eigenvalue weighted by molar-refractivity contribution is 0.185. The van der Waals surface area contributed by atoms with Crippen molar-refractivity contribution >= 4 is 21.7 Å². The van der Waals surface area contributed by atoms with Crippen LogP contribution in [0.2, 0.25) is 0 Å². The summed E-state index contributed by atoms with van der Waals surface area (Å²) in [4.78, 5) is 14.4. The molecule has 7 nitrogen and oxygen atoms in total. The van der Waals surface area contributed by atoms with Crippen LogP contribution in [0.25, 0.3) is 0 Å². The van der Waals surface area contributed by atoms with Gasteiger partial charge in [0.15, 0.2) is 0 Å². The average molecular weight is 383 g/mol. The molecule has 0 radical (unpaired) electrons. The summed E-state index contributed by atoms with van der Waals surface area (Å²) < 4.78 is 24.3. The molecule has 8 heteroatoms. The molecular weight excluding hydrogens is 352 g/mol. The predicted molar refractivity (Wildman–Crippen MR) is 105 cm³/mol.